The predicted octanol–water partition coefficient (Wildman–Crippen LogP) is 2.01. The van der Waals surface area contributed by atoms with Crippen LogP contribution in [0.25, 0.3) is 11.0 Å². The molecule has 0 aliphatic heterocycles. The number of amides is 1. The van der Waals surface area contributed by atoms with E-state index in [9.17, 15) is 13.2 Å². The molecule has 0 saturated carbocycles. The second-order valence-electron chi connectivity index (χ2n) is 7.62. The molecule has 0 spiro atoms. The lowest BCUT2D eigenvalue weighted by Crippen LogP contribution is -2.19. The molecule has 0 unspecified atom stereocenters. The molecule has 0 atom stereocenters. The number of carbonyl (C=O) groups is 1. The van der Waals surface area contributed by atoms with Crippen LogP contribution in [0.15, 0.2) is 52.1 Å². The van der Waals surface area contributed by atoms with Gasteiger partial charge in [-0.15, -0.1) is 0 Å². The Hall–Kier alpha value is -3.90. The van der Waals surface area contributed by atoms with Crippen molar-refractivity contribution in [2.75, 3.05) is 18.9 Å². The van der Waals surface area contributed by atoms with E-state index in [-0.39, 0.29) is 27.9 Å². The van der Waals surface area contributed by atoms with Crippen LogP contribution in [0.4, 0.5) is 5.82 Å². The Kier molecular flexibility index (Phi) is 6.26. The number of hydrogen-bond donors (Lipinski definition) is 3. The van der Waals surface area contributed by atoms with E-state index in [2.05, 4.69) is 20.3 Å². The average molecular weight is 485 g/mol. The third-order valence-corrected chi connectivity index (χ3v) is 6.65. The number of ether oxygens (including phenoxy) is 1. The highest BCUT2D eigenvalue weighted by Gasteiger charge is 2.24. The highest BCUT2D eigenvalue weighted by molar-refractivity contribution is 7.92. The van der Waals surface area contributed by atoms with Gasteiger partial charge >= 0.3 is 0 Å². The number of anilines is 1. The smallest absolute Gasteiger partial charge is 0.266 e. The summed E-state index contributed by atoms with van der Waals surface area (Å²) in [6, 6.07) is 7.77. The molecular formula is C22H24N6O5S. The first-order valence-electron chi connectivity index (χ1n) is 10.3. The Morgan fingerprint density at radius 2 is 2.03 bits per heavy atom. The van der Waals surface area contributed by atoms with Crippen molar-refractivity contribution in [1.29, 1.82) is 0 Å². The zero-order valence-electron chi connectivity index (χ0n) is 18.8. The Morgan fingerprint density at radius 1 is 1.24 bits per heavy atom. The van der Waals surface area contributed by atoms with Crippen LogP contribution < -0.4 is 20.5 Å². The van der Waals surface area contributed by atoms with Crippen molar-refractivity contribution in [3.63, 3.8) is 0 Å². The highest BCUT2D eigenvalue weighted by Crippen LogP contribution is 2.32. The Morgan fingerprint density at radius 3 is 2.71 bits per heavy atom. The van der Waals surface area contributed by atoms with Crippen molar-refractivity contribution >= 4 is 32.7 Å². The topological polar surface area (TPSA) is 154 Å². The number of nitrogens with one attached hydrogen (secondary N) is 2. The Bertz CT molecular complexity index is 1470. The second kappa shape index (κ2) is 9.15. The van der Waals surface area contributed by atoms with E-state index in [1.54, 1.807) is 16.9 Å². The quantitative estimate of drug-likeness (QED) is 0.343. The SMILES string of the molecule is CNC(=O)c1ccc(S(=O)(=O)Nc2noc3cc(Cn4cc(CN)cn4)cc(C)c23)c(OC)c1. The number of methoxy groups -OCH3 is 1. The Balaban J connectivity index is 1.65. The zero-order valence-corrected chi connectivity index (χ0v) is 19.6. The summed E-state index contributed by atoms with van der Waals surface area (Å²) >= 11 is 0. The van der Waals surface area contributed by atoms with Gasteiger partial charge in [0.2, 0.25) is 0 Å². The molecule has 12 heteroatoms. The lowest BCUT2D eigenvalue weighted by molar-refractivity contribution is 0.0962. The standard InChI is InChI=1S/C22H24N6O5S/c1-13-6-14(11-28-12-15(9-23)10-25-28)7-18-20(13)21(26-33-18)27-34(30,31)19-5-4-16(22(29)24-2)8-17(19)32-3/h4-8,10,12H,9,11,23H2,1-3H3,(H,24,29)(H,26,27). The number of rotatable bonds is 8. The van der Waals surface area contributed by atoms with Crippen LogP contribution in [-0.2, 0) is 23.1 Å². The maximum Gasteiger partial charge on any atom is 0.266 e. The molecule has 2 heterocycles. The molecule has 0 bridgehead atoms. The third kappa shape index (κ3) is 4.45. The van der Waals surface area contributed by atoms with Crippen LogP contribution in [0.3, 0.4) is 0 Å². The minimum Gasteiger partial charge on any atom is -0.495 e. The monoisotopic (exact) mass is 484 g/mol. The molecular weight excluding hydrogens is 460 g/mol. The largest absolute Gasteiger partial charge is 0.495 e. The van der Waals surface area contributed by atoms with Crippen molar-refractivity contribution in [3.05, 3.63) is 65.0 Å². The molecule has 0 saturated heterocycles. The maximum absolute atomic E-state index is 13.1. The van der Waals surface area contributed by atoms with Crippen LogP contribution >= 0.6 is 0 Å². The van der Waals surface area contributed by atoms with Gasteiger partial charge in [0, 0.05) is 30.9 Å². The summed E-state index contributed by atoms with van der Waals surface area (Å²) in [6.07, 6.45) is 3.57. The summed E-state index contributed by atoms with van der Waals surface area (Å²) in [5.74, 6) is -0.282. The van der Waals surface area contributed by atoms with Crippen LogP contribution in [0.5, 0.6) is 5.75 Å². The summed E-state index contributed by atoms with van der Waals surface area (Å²) in [5.41, 5.74) is 8.95. The molecule has 2 aromatic carbocycles. The number of nitrogens with two attached hydrogens (primary N) is 1. The number of aryl methyl sites for hydroxylation is 1. The van der Waals surface area contributed by atoms with Gasteiger partial charge in [0.1, 0.15) is 10.6 Å². The number of carbonyl (C=O) groups excluding carboxylic acids is 1. The second-order valence-corrected chi connectivity index (χ2v) is 9.27. The van der Waals surface area contributed by atoms with E-state index in [0.717, 1.165) is 16.7 Å². The fourth-order valence-corrected chi connectivity index (χ4v) is 4.80. The van der Waals surface area contributed by atoms with Gasteiger partial charge in [-0.05, 0) is 42.3 Å². The van der Waals surface area contributed by atoms with Crippen molar-refractivity contribution in [3.8, 4) is 5.75 Å². The first-order valence-corrected chi connectivity index (χ1v) is 11.8. The van der Waals surface area contributed by atoms with Gasteiger partial charge in [-0.1, -0.05) is 11.2 Å². The van der Waals surface area contributed by atoms with Crippen molar-refractivity contribution < 1.29 is 22.5 Å². The van der Waals surface area contributed by atoms with E-state index in [0.29, 0.717) is 24.1 Å². The van der Waals surface area contributed by atoms with Crippen molar-refractivity contribution in [2.45, 2.75) is 24.9 Å². The summed E-state index contributed by atoms with van der Waals surface area (Å²) in [7, 11) is -1.29. The van der Waals surface area contributed by atoms with Crippen LogP contribution in [0.2, 0.25) is 0 Å². The van der Waals surface area contributed by atoms with E-state index in [1.165, 1.54) is 32.4 Å². The van der Waals surface area contributed by atoms with Gasteiger partial charge in [0.05, 0.1) is 25.2 Å². The fourth-order valence-electron chi connectivity index (χ4n) is 3.65. The lowest BCUT2D eigenvalue weighted by Gasteiger charge is -2.12. The number of sulfonamides is 1. The van der Waals surface area contributed by atoms with Crippen molar-refractivity contribution in [2.24, 2.45) is 5.73 Å². The van der Waals surface area contributed by atoms with Crippen LogP contribution in [0, 0.1) is 6.92 Å². The number of nitrogens with zero attached hydrogens (tertiary/aromatic N) is 3. The zero-order chi connectivity index (χ0) is 24.5. The molecule has 0 radical (unpaired) electrons. The summed E-state index contributed by atoms with van der Waals surface area (Å²) in [6.45, 7) is 2.74. The number of hydrogen-bond acceptors (Lipinski definition) is 8. The van der Waals surface area contributed by atoms with Gasteiger partial charge in [-0.25, -0.2) is 8.42 Å². The van der Waals surface area contributed by atoms with Gasteiger partial charge in [-0.2, -0.15) is 5.10 Å². The fraction of sp³-hybridized carbons (Fsp3) is 0.227. The number of aromatic nitrogens is 3. The maximum atomic E-state index is 13.1. The number of fused-ring (bicyclic) bond motifs is 1. The molecule has 4 rings (SSSR count). The molecule has 34 heavy (non-hydrogen) atoms. The summed E-state index contributed by atoms with van der Waals surface area (Å²) in [5, 5.41) is 11.2. The van der Waals surface area contributed by atoms with Crippen molar-refractivity contribution in [1.82, 2.24) is 20.3 Å². The molecule has 0 aliphatic rings. The van der Waals surface area contributed by atoms with E-state index in [1.807, 2.05) is 19.2 Å². The molecule has 178 valence electrons. The molecule has 2 aromatic heterocycles. The van der Waals surface area contributed by atoms with E-state index < -0.39 is 10.0 Å². The predicted molar refractivity (Wildman–Crippen MR) is 125 cm³/mol. The summed E-state index contributed by atoms with van der Waals surface area (Å²) in [4.78, 5) is 11.7. The number of benzene rings is 2. The van der Waals surface area contributed by atoms with Gasteiger partial charge in [0.15, 0.2) is 11.4 Å². The minimum absolute atomic E-state index is 0.0245. The molecule has 4 aromatic rings. The molecule has 4 N–H and O–H groups in total. The van der Waals surface area contributed by atoms with Crippen LogP contribution in [-0.4, -0.2) is 43.4 Å². The first-order chi connectivity index (χ1) is 16.2. The Labute approximate surface area is 195 Å². The molecule has 0 fully saturated rings. The van der Waals surface area contributed by atoms with E-state index >= 15 is 0 Å². The molecule has 11 nitrogen and oxygen atoms in total. The lowest BCUT2D eigenvalue weighted by atomic mass is 10.1. The molecule has 0 aliphatic carbocycles. The van der Waals surface area contributed by atoms with Crippen LogP contribution in [0.1, 0.15) is 27.0 Å². The van der Waals surface area contributed by atoms with Gasteiger partial charge in [-0.3, -0.25) is 14.2 Å². The third-order valence-electron chi connectivity index (χ3n) is 5.27. The van der Waals surface area contributed by atoms with Gasteiger partial charge < -0.3 is 20.3 Å². The summed E-state index contributed by atoms with van der Waals surface area (Å²) < 4.78 is 41.1. The van der Waals surface area contributed by atoms with E-state index in [4.69, 9.17) is 15.0 Å². The average Bonchev–Trinajstić information content (AvgIpc) is 3.44. The first kappa shape index (κ1) is 23.3. The minimum atomic E-state index is -4.10. The molecule has 1 amide bonds. The highest BCUT2D eigenvalue weighted by atomic mass is 32.2. The normalized spacial score (nSPS) is 11.5. The van der Waals surface area contributed by atoms with Gasteiger partial charge in [0.25, 0.3) is 15.9 Å².